The molecule has 1 fully saturated rings. The van der Waals surface area contributed by atoms with Gasteiger partial charge >= 0.3 is 0 Å². The zero-order valence-corrected chi connectivity index (χ0v) is 15.5. The van der Waals surface area contributed by atoms with Gasteiger partial charge in [-0.3, -0.25) is 4.98 Å². The third-order valence-corrected chi connectivity index (χ3v) is 6.99. The van der Waals surface area contributed by atoms with E-state index in [9.17, 15) is 0 Å². The molecule has 2 unspecified atom stereocenters. The molecule has 0 radical (unpaired) electrons. The average Bonchev–Trinajstić information content (AvgIpc) is 2.84. The molecule has 4 nitrogen and oxygen atoms in total. The Labute approximate surface area is 151 Å². The van der Waals surface area contributed by atoms with Crippen LogP contribution in [0.5, 0.6) is 0 Å². The van der Waals surface area contributed by atoms with Gasteiger partial charge in [0.2, 0.25) is 0 Å². The van der Waals surface area contributed by atoms with E-state index in [2.05, 4.69) is 9.80 Å². The van der Waals surface area contributed by atoms with E-state index in [-0.39, 0.29) is 0 Å². The van der Waals surface area contributed by atoms with E-state index in [1.807, 2.05) is 0 Å². The van der Waals surface area contributed by atoms with Crippen molar-refractivity contribution in [3.63, 3.8) is 0 Å². The van der Waals surface area contributed by atoms with Crippen molar-refractivity contribution < 1.29 is 0 Å². The van der Waals surface area contributed by atoms with Crippen LogP contribution in [-0.4, -0.2) is 37.2 Å². The molecule has 25 heavy (non-hydrogen) atoms. The second-order valence-corrected chi connectivity index (χ2v) is 8.46. The lowest BCUT2D eigenvalue weighted by molar-refractivity contribution is 0.381. The SMILES string of the molecule is NCCCN1CCCN2c3c(nc4c(c31)CCCC4)C1CCCCC12. The van der Waals surface area contributed by atoms with Crippen LogP contribution in [0.25, 0.3) is 0 Å². The summed E-state index contributed by atoms with van der Waals surface area (Å²) in [6.07, 6.45) is 12.9. The van der Waals surface area contributed by atoms with Crippen molar-refractivity contribution in [2.24, 2.45) is 5.73 Å². The molecule has 1 aromatic heterocycles. The second-order valence-electron chi connectivity index (χ2n) is 8.46. The maximum absolute atomic E-state index is 5.86. The Kier molecular flexibility index (Phi) is 4.11. The van der Waals surface area contributed by atoms with Crippen molar-refractivity contribution in [3.8, 4) is 0 Å². The first-order valence-corrected chi connectivity index (χ1v) is 10.7. The van der Waals surface area contributed by atoms with Crippen molar-refractivity contribution >= 4 is 11.4 Å². The Hall–Kier alpha value is -1.29. The quantitative estimate of drug-likeness (QED) is 0.916. The summed E-state index contributed by atoms with van der Waals surface area (Å²) >= 11 is 0. The van der Waals surface area contributed by atoms with Gasteiger partial charge in [0.1, 0.15) is 0 Å². The highest BCUT2D eigenvalue weighted by Crippen LogP contribution is 2.53. The minimum Gasteiger partial charge on any atom is -0.369 e. The molecule has 0 aromatic carbocycles. The van der Waals surface area contributed by atoms with Crippen molar-refractivity contribution in [2.45, 2.75) is 76.2 Å². The van der Waals surface area contributed by atoms with E-state index >= 15 is 0 Å². The molecular weight excluding hydrogens is 308 g/mol. The summed E-state index contributed by atoms with van der Waals surface area (Å²) in [4.78, 5) is 10.8. The number of aryl methyl sites for hydroxylation is 1. The Balaban J connectivity index is 1.68. The van der Waals surface area contributed by atoms with Gasteiger partial charge in [-0.1, -0.05) is 12.8 Å². The number of rotatable bonds is 3. The number of nitrogens with two attached hydrogens (primary N) is 1. The first kappa shape index (κ1) is 15.9. The lowest BCUT2D eigenvalue weighted by atomic mass is 9.83. The van der Waals surface area contributed by atoms with Gasteiger partial charge in [-0.05, 0) is 63.5 Å². The summed E-state index contributed by atoms with van der Waals surface area (Å²) in [6.45, 7) is 4.32. The number of fused-ring (bicyclic) bond motifs is 5. The topological polar surface area (TPSA) is 45.4 Å². The molecule has 0 amide bonds. The third-order valence-electron chi connectivity index (χ3n) is 6.99. The van der Waals surface area contributed by atoms with Gasteiger partial charge in [0.05, 0.1) is 17.1 Å². The third kappa shape index (κ3) is 2.48. The van der Waals surface area contributed by atoms with Crippen LogP contribution in [-0.2, 0) is 12.8 Å². The minimum atomic E-state index is 0.698. The normalized spacial score (nSPS) is 27.6. The highest BCUT2D eigenvalue weighted by Gasteiger charge is 2.45. The molecule has 0 bridgehead atoms. The first-order chi connectivity index (χ1) is 12.4. The summed E-state index contributed by atoms with van der Waals surface area (Å²) in [5.74, 6) is 0.698. The molecule has 3 heterocycles. The van der Waals surface area contributed by atoms with E-state index < -0.39 is 0 Å². The highest BCUT2D eigenvalue weighted by molar-refractivity contribution is 5.82. The summed E-state index contributed by atoms with van der Waals surface area (Å²) in [6, 6.07) is 0.730. The Morgan fingerprint density at radius 2 is 1.84 bits per heavy atom. The number of hydrogen-bond acceptors (Lipinski definition) is 4. The van der Waals surface area contributed by atoms with E-state index in [4.69, 9.17) is 10.7 Å². The Morgan fingerprint density at radius 1 is 0.960 bits per heavy atom. The molecule has 2 atom stereocenters. The van der Waals surface area contributed by atoms with Crippen LogP contribution in [0.4, 0.5) is 11.4 Å². The van der Waals surface area contributed by atoms with Gasteiger partial charge in [-0.25, -0.2) is 0 Å². The maximum atomic E-state index is 5.86. The predicted octanol–water partition coefficient (Wildman–Crippen LogP) is 3.37. The molecule has 5 rings (SSSR count). The van der Waals surface area contributed by atoms with Gasteiger partial charge in [-0.2, -0.15) is 0 Å². The van der Waals surface area contributed by atoms with E-state index in [1.54, 1.807) is 16.9 Å². The lowest BCUT2D eigenvalue weighted by Gasteiger charge is -2.33. The molecule has 2 aliphatic carbocycles. The minimum absolute atomic E-state index is 0.698. The van der Waals surface area contributed by atoms with E-state index in [0.717, 1.165) is 25.6 Å². The highest BCUT2D eigenvalue weighted by atomic mass is 15.3. The number of aromatic nitrogens is 1. The second kappa shape index (κ2) is 6.46. The maximum Gasteiger partial charge on any atom is 0.0832 e. The van der Waals surface area contributed by atoms with Crippen LogP contribution in [0.3, 0.4) is 0 Å². The molecular formula is C21H32N4. The van der Waals surface area contributed by atoms with Gasteiger partial charge in [0.25, 0.3) is 0 Å². The van der Waals surface area contributed by atoms with Gasteiger partial charge in [0, 0.05) is 37.3 Å². The molecule has 2 aliphatic heterocycles. The Bertz CT molecular complexity index is 656. The predicted molar refractivity (Wildman–Crippen MR) is 104 cm³/mol. The van der Waals surface area contributed by atoms with Crippen LogP contribution in [0.15, 0.2) is 0 Å². The van der Waals surface area contributed by atoms with Crippen LogP contribution >= 0.6 is 0 Å². The van der Waals surface area contributed by atoms with Crippen LogP contribution < -0.4 is 15.5 Å². The van der Waals surface area contributed by atoms with Crippen molar-refractivity contribution in [1.29, 1.82) is 0 Å². The molecule has 136 valence electrons. The number of pyridine rings is 1. The molecule has 4 aliphatic rings. The fourth-order valence-electron chi connectivity index (χ4n) is 5.91. The number of nitrogens with zero attached hydrogens (tertiary/aromatic N) is 3. The molecule has 1 aromatic rings. The Morgan fingerprint density at radius 3 is 2.76 bits per heavy atom. The molecule has 0 saturated heterocycles. The fraction of sp³-hybridized carbons (Fsp3) is 0.762. The lowest BCUT2D eigenvalue weighted by Crippen LogP contribution is -2.36. The standard InChI is InChI=1S/C21H32N4/c22-11-5-12-24-13-6-14-25-18-10-4-2-8-16(18)19-21(25)20(24)15-7-1-3-9-17(15)23-19/h16,18H,1-14,22H2. The first-order valence-electron chi connectivity index (χ1n) is 10.7. The zero-order valence-electron chi connectivity index (χ0n) is 15.5. The average molecular weight is 341 g/mol. The summed E-state index contributed by atoms with van der Waals surface area (Å²) in [5.41, 5.74) is 13.5. The van der Waals surface area contributed by atoms with Crippen molar-refractivity contribution in [1.82, 2.24) is 4.98 Å². The molecule has 0 spiro atoms. The van der Waals surface area contributed by atoms with Crippen molar-refractivity contribution in [3.05, 3.63) is 17.0 Å². The van der Waals surface area contributed by atoms with Gasteiger partial charge < -0.3 is 15.5 Å². The largest absolute Gasteiger partial charge is 0.369 e. The smallest absolute Gasteiger partial charge is 0.0832 e. The zero-order chi connectivity index (χ0) is 16.8. The number of anilines is 2. The fourth-order valence-corrected chi connectivity index (χ4v) is 5.91. The molecule has 2 N–H and O–H groups in total. The van der Waals surface area contributed by atoms with Gasteiger partial charge in [0.15, 0.2) is 0 Å². The van der Waals surface area contributed by atoms with Gasteiger partial charge in [-0.15, -0.1) is 0 Å². The van der Waals surface area contributed by atoms with Crippen LogP contribution in [0.2, 0.25) is 0 Å². The van der Waals surface area contributed by atoms with E-state index in [1.165, 1.54) is 82.3 Å². The van der Waals surface area contributed by atoms with Crippen LogP contribution in [0, 0.1) is 0 Å². The monoisotopic (exact) mass is 340 g/mol. The van der Waals surface area contributed by atoms with Crippen LogP contribution in [0.1, 0.15) is 74.2 Å². The summed E-state index contributed by atoms with van der Waals surface area (Å²) in [7, 11) is 0. The van der Waals surface area contributed by atoms with Crippen molar-refractivity contribution in [2.75, 3.05) is 36.0 Å². The number of hydrogen-bond donors (Lipinski definition) is 1. The molecule has 1 saturated carbocycles. The summed E-state index contributed by atoms with van der Waals surface area (Å²) < 4.78 is 0. The molecule has 4 heteroatoms. The van der Waals surface area contributed by atoms with E-state index in [0.29, 0.717) is 5.92 Å². The summed E-state index contributed by atoms with van der Waals surface area (Å²) in [5, 5.41) is 0.